The Hall–Kier alpha value is -4.65. The number of rotatable bonds is 4. The molecule has 5 aromatic rings. The van der Waals surface area contributed by atoms with Crippen LogP contribution in [0.3, 0.4) is 0 Å². The first kappa shape index (κ1) is 20.9. The lowest BCUT2D eigenvalue weighted by Gasteiger charge is -2.22. The summed E-state index contributed by atoms with van der Waals surface area (Å²) in [4.78, 5) is 39.5. The molecular weight excluding hydrogens is 444 g/mol. The largest absolute Gasteiger partial charge is 0.456 e. The lowest BCUT2D eigenvalue weighted by molar-refractivity contribution is -0.140. The van der Waals surface area contributed by atoms with Crippen molar-refractivity contribution in [3.05, 3.63) is 90.5 Å². The van der Waals surface area contributed by atoms with Crippen LogP contribution in [0.25, 0.3) is 32.7 Å². The van der Waals surface area contributed by atoms with Crippen LogP contribution in [0.15, 0.2) is 89.3 Å². The van der Waals surface area contributed by atoms with Gasteiger partial charge in [0.25, 0.3) is 5.91 Å². The molecule has 1 atom stereocenters. The second kappa shape index (κ2) is 7.70. The van der Waals surface area contributed by atoms with E-state index in [4.69, 9.17) is 9.15 Å². The summed E-state index contributed by atoms with van der Waals surface area (Å²) in [7, 11) is 0. The number of nitrogens with zero attached hydrogens (tertiary/aromatic N) is 1. The Balaban J connectivity index is 1.22. The van der Waals surface area contributed by atoms with E-state index in [1.807, 2.05) is 66.7 Å². The van der Waals surface area contributed by atoms with Crippen molar-refractivity contribution in [2.45, 2.75) is 12.5 Å². The fourth-order valence-corrected chi connectivity index (χ4v) is 4.60. The number of para-hydroxylation sites is 1. The van der Waals surface area contributed by atoms with Crippen molar-refractivity contribution in [2.75, 3.05) is 6.54 Å². The quantitative estimate of drug-likeness (QED) is 0.227. The molecule has 0 bridgehead atoms. The van der Waals surface area contributed by atoms with Crippen LogP contribution < -0.4 is 10.1 Å². The van der Waals surface area contributed by atoms with Crippen LogP contribution in [0, 0.1) is 0 Å². The first-order chi connectivity index (χ1) is 16.9. The Morgan fingerprint density at radius 3 is 2.49 bits per heavy atom. The maximum absolute atomic E-state index is 13.3. The molecule has 0 saturated carbocycles. The van der Waals surface area contributed by atoms with Crippen LogP contribution in [0.1, 0.15) is 12.5 Å². The summed E-state index contributed by atoms with van der Waals surface area (Å²) in [5, 5.41) is 6.43. The standard InChI is InChI=1S/C28H20N2O5/c1-28(19-11-10-17-6-2-3-7-18(17)14-19)26(32)30(27(33)29-28)16-25(31)34-20-12-13-24-22(15-20)21-8-4-5-9-23(21)35-24/h2-15H,16H2,1H3,(H,29,33). The minimum absolute atomic E-state index is 0.304. The predicted molar refractivity (Wildman–Crippen MR) is 131 cm³/mol. The van der Waals surface area contributed by atoms with Crippen molar-refractivity contribution >= 4 is 50.6 Å². The highest BCUT2D eigenvalue weighted by atomic mass is 16.5. The number of urea groups is 1. The summed E-state index contributed by atoms with van der Waals surface area (Å²) in [6.45, 7) is 1.14. The number of carbonyl (C=O) groups is 3. The van der Waals surface area contributed by atoms with Gasteiger partial charge in [-0.15, -0.1) is 0 Å². The maximum Gasteiger partial charge on any atom is 0.331 e. The van der Waals surface area contributed by atoms with Crippen molar-refractivity contribution in [3.63, 3.8) is 0 Å². The molecule has 6 rings (SSSR count). The zero-order chi connectivity index (χ0) is 24.2. The van der Waals surface area contributed by atoms with Crippen molar-refractivity contribution < 1.29 is 23.5 Å². The molecule has 3 amide bonds. The van der Waals surface area contributed by atoms with Crippen molar-refractivity contribution in [2.24, 2.45) is 0 Å². The van der Waals surface area contributed by atoms with Gasteiger partial charge in [0, 0.05) is 10.8 Å². The first-order valence-electron chi connectivity index (χ1n) is 11.2. The minimum atomic E-state index is -1.28. The Morgan fingerprint density at radius 1 is 0.886 bits per heavy atom. The van der Waals surface area contributed by atoms with Crippen molar-refractivity contribution in [1.82, 2.24) is 10.2 Å². The van der Waals surface area contributed by atoms with Gasteiger partial charge < -0.3 is 14.5 Å². The highest BCUT2D eigenvalue weighted by molar-refractivity contribution is 6.09. The molecule has 0 aliphatic carbocycles. The zero-order valence-corrected chi connectivity index (χ0v) is 18.8. The summed E-state index contributed by atoms with van der Waals surface area (Å²) in [6.07, 6.45) is 0. The van der Waals surface area contributed by atoms with E-state index < -0.39 is 30.0 Å². The molecule has 35 heavy (non-hydrogen) atoms. The van der Waals surface area contributed by atoms with E-state index in [1.165, 1.54) is 0 Å². The van der Waals surface area contributed by atoms with Gasteiger partial charge in [-0.2, -0.15) is 0 Å². The van der Waals surface area contributed by atoms with Gasteiger partial charge in [-0.1, -0.05) is 54.6 Å². The van der Waals surface area contributed by atoms with E-state index >= 15 is 0 Å². The third kappa shape index (κ3) is 3.40. The molecule has 1 aliphatic rings. The SMILES string of the molecule is CC1(c2ccc3ccccc3c2)NC(=O)N(CC(=O)Oc2ccc3oc4ccccc4c3c2)C1=O. The lowest BCUT2D eigenvalue weighted by atomic mass is 9.90. The van der Waals surface area contributed by atoms with Gasteiger partial charge in [-0.05, 0) is 53.6 Å². The first-order valence-corrected chi connectivity index (χ1v) is 11.2. The number of amides is 3. The Kier molecular flexibility index (Phi) is 4.60. The third-order valence-corrected chi connectivity index (χ3v) is 6.47. The molecule has 1 fully saturated rings. The van der Waals surface area contributed by atoms with Crippen LogP contribution in [0.5, 0.6) is 5.75 Å². The summed E-state index contributed by atoms with van der Waals surface area (Å²) < 4.78 is 11.3. The second-order valence-corrected chi connectivity index (χ2v) is 8.74. The molecule has 0 spiro atoms. The number of imide groups is 1. The highest BCUT2D eigenvalue weighted by Crippen LogP contribution is 2.33. The summed E-state index contributed by atoms with van der Waals surface area (Å²) >= 11 is 0. The number of nitrogens with one attached hydrogen (secondary N) is 1. The van der Waals surface area contributed by atoms with Gasteiger partial charge in [-0.3, -0.25) is 9.69 Å². The molecule has 1 aliphatic heterocycles. The van der Waals surface area contributed by atoms with Gasteiger partial charge in [0.2, 0.25) is 0 Å². The second-order valence-electron chi connectivity index (χ2n) is 8.74. The molecule has 0 radical (unpaired) electrons. The van der Waals surface area contributed by atoms with E-state index in [9.17, 15) is 14.4 Å². The van der Waals surface area contributed by atoms with Gasteiger partial charge in [0.1, 0.15) is 29.0 Å². The Bertz CT molecular complexity index is 1670. The molecule has 1 unspecified atom stereocenters. The molecule has 1 aromatic heterocycles. The number of fused-ring (bicyclic) bond motifs is 4. The predicted octanol–water partition coefficient (Wildman–Crippen LogP) is 5.11. The van der Waals surface area contributed by atoms with Crippen LogP contribution in [-0.2, 0) is 15.1 Å². The minimum Gasteiger partial charge on any atom is -0.456 e. The molecule has 1 saturated heterocycles. The van der Waals surface area contributed by atoms with Crippen LogP contribution in [-0.4, -0.2) is 29.4 Å². The fraction of sp³-hybridized carbons (Fsp3) is 0.107. The lowest BCUT2D eigenvalue weighted by Crippen LogP contribution is -2.42. The molecule has 7 nitrogen and oxygen atoms in total. The topological polar surface area (TPSA) is 88.8 Å². The van der Waals surface area contributed by atoms with Crippen molar-refractivity contribution in [1.29, 1.82) is 0 Å². The average Bonchev–Trinajstić information content (AvgIpc) is 3.34. The maximum atomic E-state index is 13.3. The van der Waals surface area contributed by atoms with Crippen LogP contribution >= 0.6 is 0 Å². The molecule has 7 heteroatoms. The van der Waals surface area contributed by atoms with Gasteiger partial charge in [0.15, 0.2) is 0 Å². The Morgan fingerprint density at radius 2 is 1.63 bits per heavy atom. The summed E-state index contributed by atoms with van der Waals surface area (Å²) in [5.41, 5.74) is 0.767. The molecule has 2 heterocycles. The number of ether oxygens (including phenoxy) is 1. The normalized spacial score (nSPS) is 17.9. The summed E-state index contributed by atoms with van der Waals surface area (Å²) in [6, 6.07) is 25.4. The van der Waals surface area contributed by atoms with Crippen molar-refractivity contribution in [3.8, 4) is 5.75 Å². The number of hydrogen-bond donors (Lipinski definition) is 1. The van der Waals surface area contributed by atoms with E-state index in [2.05, 4.69) is 5.32 Å². The number of furan rings is 1. The summed E-state index contributed by atoms with van der Waals surface area (Å²) in [5.74, 6) is -0.923. The number of esters is 1. The monoisotopic (exact) mass is 464 g/mol. The van der Waals surface area contributed by atoms with Crippen LogP contribution in [0.4, 0.5) is 4.79 Å². The fourth-order valence-electron chi connectivity index (χ4n) is 4.60. The number of benzene rings is 4. The number of carbonyl (C=O) groups excluding carboxylic acids is 3. The van der Waals surface area contributed by atoms with Gasteiger partial charge in [0.05, 0.1) is 0 Å². The average molecular weight is 464 g/mol. The van der Waals surface area contributed by atoms with E-state index in [1.54, 1.807) is 25.1 Å². The molecule has 172 valence electrons. The van der Waals surface area contributed by atoms with Crippen LogP contribution in [0.2, 0.25) is 0 Å². The number of hydrogen-bond acceptors (Lipinski definition) is 5. The van der Waals surface area contributed by atoms with E-state index in [0.29, 0.717) is 16.9 Å². The van der Waals surface area contributed by atoms with E-state index in [-0.39, 0.29) is 0 Å². The smallest absolute Gasteiger partial charge is 0.331 e. The molecular formula is C28H20N2O5. The highest BCUT2D eigenvalue weighted by Gasteiger charge is 2.49. The molecule has 1 N–H and O–H groups in total. The Labute approximate surface area is 199 Å². The van der Waals surface area contributed by atoms with Gasteiger partial charge in [-0.25, -0.2) is 9.59 Å². The third-order valence-electron chi connectivity index (χ3n) is 6.47. The zero-order valence-electron chi connectivity index (χ0n) is 18.8. The van der Waals surface area contributed by atoms with Gasteiger partial charge >= 0.3 is 12.0 Å². The molecule has 4 aromatic carbocycles. The van der Waals surface area contributed by atoms with E-state index in [0.717, 1.165) is 32.0 Å².